The molecule has 0 bridgehead atoms. The van der Waals surface area contributed by atoms with Crippen molar-refractivity contribution in [1.29, 1.82) is 0 Å². The summed E-state index contributed by atoms with van der Waals surface area (Å²) in [6.07, 6.45) is 1.31. The molecule has 0 radical (unpaired) electrons. The molecule has 3 aromatic heterocycles. The molecule has 1 atom stereocenters. The predicted molar refractivity (Wildman–Crippen MR) is 80.7 cm³/mol. The number of thiophene rings is 1. The summed E-state index contributed by atoms with van der Waals surface area (Å²) < 4.78 is 2.91. The summed E-state index contributed by atoms with van der Waals surface area (Å²) in [6, 6.07) is 5.92. The maximum atomic E-state index is 10.7. The van der Waals surface area contributed by atoms with Crippen molar-refractivity contribution >= 4 is 32.9 Å². The smallest absolute Gasteiger partial charge is 0.137 e. The Morgan fingerprint density at radius 3 is 2.79 bits per heavy atom. The molecule has 1 unspecified atom stereocenters. The number of aromatic nitrogens is 2. The maximum Gasteiger partial charge on any atom is 0.137 e. The van der Waals surface area contributed by atoms with Gasteiger partial charge in [0.05, 0.1) is 11.4 Å². The molecule has 3 heterocycles. The van der Waals surface area contributed by atoms with E-state index in [9.17, 15) is 5.11 Å². The van der Waals surface area contributed by atoms with Crippen molar-refractivity contribution < 1.29 is 5.11 Å². The van der Waals surface area contributed by atoms with Crippen molar-refractivity contribution in [2.75, 3.05) is 0 Å². The van der Waals surface area contributed by atoms with Gasteiger partial charge < -0.3 is 5.11 Å². The van der Waals surface area contributed by atoms with Gasteiger partial charge in [0.25, 0.3) is 0 Å². The first-order chi connectivity index (χ1) is 9.08. The largest absolute Gasteiger partial charge is 0.381 e. The molecule has 3 nitrogen and oxygen atoms in total. The van der Waals surface area contributed by atoms with Gasteiger partial charge in [-0.25, -0.2) is 4.98 Å². The number of hydrogen-bond acceptors (Lipinski definition) is 3. The number of fused-ring (bicyclic) bond motifs is 1. The minimum Gasteiger partial charge on any atom is -0.381 e. The number of imidazole rings is 1. The average molecular weight is 337 g/mol. The highest BCUT2D eigenvalue weighted by Crippen LogP contribution is 2.31. The van der Waals surface area contributed by atoms with Crippen molar-refractivity contribution in [3.8, 4) is 0 Å². The van der Waals surface area contributed by atoms with E-state index in [0.717, 1.165) is 31.9 Å². The van der Waals surface area contributed by atoms with Gasteiger partial charge in [-0.1, -0.05) is 0 Å². The van der Waals surface area contributed by atoms with Crippen LogP contribution in [0, 0.1) is 13.8 Å². The van der Waals surface area contributed by atoms with Gasteiger partial charge in [-0.05, 0) is 58.9 Å². The fraction of sp³-hybridized carbons (Fsp3) is 0.214. The lowest BCUT2D eigenvalue weighted by atomic mass is 10.1. The molecule has 0 aromatic carbocycles. The lowest BCUT2D eigenvalue weighted by Crippen LogP contribution is -2.04. The summed E-state index contributed by atoms with van der Waals surface area (Å²) in [4.78, 5) is 5.48. The van der Waals surface area contributed by atoms with Gasteiger partial charge in [-0.3, -0.25) is 4.40 Å². The first kappa shape index (κ1) is 12.8. The topological polar surface area (TPSA) is 37.5 Å². The predicted octanol–water partition coefficient (Wildman–Crippen LogP) is 3.86. The van der Waals surface area contributed by atoms with Crippen molar-refractivity contribution in [2.24, 2.45) is 0 Å². The van der Waals surface area contributed by atoms with Gasteiger partial charge >= 0.3 is 0 Å². The zero-order valence-corrected chi connectivity index (χ0v) is 13.0. The summed E-state index contributed by atoms with van der Waals surface area (Å²) in [5.41, 5.74) is 3.66. The fourth-order valence-corrected chi connectivity index (χ4v) is 3.52. The van der Waals surface area contributed by atoms with Crippen LogP contribution in [0.15, 0.2) is 34.2 Å². The van der Waals surface area contributed by atoms with Crippen LogP contribution >= 0.6 is 27.3 Å². The van der Waals surface area contributed by atoms with Crippen molar-refractivity contribution in [1.82, 2.24) is 9.38 Å². The van der Waals surface area contributed by atoms with Crippen LogP contribution < -0.4 is 0 Å². The number of rotatable bonds is 2. The summed E-state index contributed by atoms with van der Waals surface area (Å²) in [5, 5.41) is 12.7. The number of halogens is 1. The first-order valence-corrected chi connectivity index (χ1v) is 7.61. The second-order valence-electron chi connectivity index (χ2n) is 4.53. The lowest BCUT2D eigenvalue weighted by molar-refractivity contribution is 0.216. The van der Waals surface area contributed by atoms with E-state index in [1.807, 2.05) is 48.0 Å². The number of aliphatic hydroxyl groups excluding tert-OH is 1. The third-order valence-electron chi connectivity index (χ3n) is 3.21. The number of pyridine rings is 1. The van der Waals surface area contributed by atoms with Crippen molar-refractivity contribution in [2.45, 2.75) is 20.0 Å². The van der Waals surface area contributed by atoms with Crippen molar-refractivity contribution in [3.63, 3.8) is 0 Å². The van der Waals surface area contributed by atoms with E-state index in [1.165, 1.54) is 0 Å². The molecule has 1 N–H and O–H groups in total. The first-order valence-electron chi connectivity index (χ1n) is 5.94. The van der Waals surface area contributed by atoms with Crippen LogP contribution in [0.25, 0.3) is 5.65 Å². The van der Waals surface area contributed by atoms with Crippen molar-refractivity contribution in [3.05, 3.63) is 56.1 Å². The molecule has 3 rings (SSSR count). The lowest BCUT2D eigenvalue weighted by Gasteiger charge is -2.11. The maximum absolute atomic E-state index is 10.7. The quantitative estimate of drug-likeness (QED) is 0.771. The summed E-state index contributed by atoms with van der Waals surface area (Å²) >= 11 is 5.04. The Labute approximate surface area is 123 Å². The second-order valence-corrected chi connectivity index (χ2v) is 6.39. The Balaban J connectivity index is 2.22. The van der Waals surface area contributed by atoms with E-state index in [2.05, 4.69) is 20.9 Å². The van der Waals surface area contributed by atoms with Crippen LogP contribution in [0.5, 0.6) is 0 Å². The highest BCUT2D eigenvalue weighted by atomic mass is 79.9. The number of aliphatic hydroxyl groups is 1. The zero-order valence-electron chi connectivity index (χ0n) is 10.6. The Morgan fingerprint density at radius 1 is 1.32 bits per heavy atom. The van der Waals surface area contributed by atoms with Crippen LogP contribution in [0.4, 0.5) is 0 Å². The molecule has 3 aromatic rings. The molecule has 0 saturated carbocycles. The van der Waals surface area contributed by atoms with E-state index in [4.69, 9.17) is 0 Å². The minimum atomic E-state index is -0.635. The third-order valence-corrected chi connectivity index (χ3v) is 4.75. The summed E-state index contributed by atoms with van der Waals surface area (Å²) in [7, 11) is 0. The van der Waals surface area contributed by atoms with Crippen LogP contribution in [0.3, 0.4) is 0 Å². The van der Waals surface area contributed by atoms with Crippen LogP contribution in [0.1, 0.15) is 27.9 Å². The third kappa shape index (κ3) is 2.12. The SMILES string of the molecule is Cc1ccsc1C(O)c1c(C)nc2ccc(Br)cn12. The molecular formula is C14H13BrN2OS. The van der Waals surface area contributed by atoms with E-state index >= 15 is 0 Å². The molecule has 98 valence electrons. The van der Waals surface area contributed by atoms with Gasteiger partial charge in [0, 0.05) is 15.5 Å². The Bertz CT molecular complexity index is 747. The molecule has 0 fully saturated rings. The van der Waals surface area contributed by atoms with E-state index in [1.54, 1.807) is 11.3 Å². The zero-order chi connectivity index (χ0) is 13.6. The van der Waals surface area contributed by atoms with Crippen LogP contribution in [-0.2, 0) is 0 Å². The molecule has 0 aliphatic carbocycles. The Morgan fingerprint density at radius 2 is 2.11 bits per heavy atom. The Kier molecular flexibility index (Phi) is 3.20. The molecule has 0 aliphatic heterocycles. The monoisotopic (exact) mass is 336 g/mol. The summed E-state index contributed by atoms with van der Waals surface area (Å²) in [6.45, 7) is 3.95. The molecule has 0 saturated heterocycles. The highest BCUT2D eigenvalue weighted by molar-refractivity contribution is 9.10. The number of nitrogens with zero attached hydrogens (tertiary/aromatic N) is 2. The van der Waals surface area contributed by atoms with E-state index < -0.39 is 6.10 Å². The highest BCUT2D eigenvalue weighted by Gasteiger charge is 2.21. The standard InChI is InChI=1S/C14H13BrN2OS/c1-8-5-6-19-14(8)13(18)12-9(2)16-11-4-3-10(15)7-17(11)12/h3-7,13,18H,1-2H3. The number of aryl methyl sites for hydroxylation is 2. The summed E-state index contributed by atoms with van der Waals surface area (Å²) in [5.74, 6) is 0. The van der Waals surface area contributed by atoms with Gasteiger partial charge in [0.1, 0.15) is 11.8 Å². The van der Waals surface area contributed by atoms with E-state index in [0.29, 0.717) is 0 Å². The minimum absolute atomic E-state index is 0.635. The molecule has 0 aliphatic rings. The van der Waals surface area contributed by atoms with Crippen LogP contribution in [-0.4, -0.2) is 14.5 Å². The fourth-order valence-electron chi connectivity index (χ4n) is 2.27. The molecule has 0 spiro atoms. The molecular weight excluding hydrogens is 324 g/mol. The second kappa shape index (κ2) is 4.74. The molecule has 5 heteroatoms. The van der Waals surface area contributed by atoms with Gasteiger partial charge in [-0.2, -0.15) is 0 Å². The average Bonchev–Trinajstić information content (AvgIpc) is 2.91. The van der Waals surface area contributed by atoms with Gasteiger partial charge in [-0.15, -0.1) is 11.3 Å². The Hall–Kier alpha value is -1.17. The normalized spacial score (nSPS) is 13.1. The molecule has 19 heavy (non-hydrogen) atoms. The van der Waals surface area contributed by atoms with E-state index in [-0.39, 0.29) is 0 Å². The van der Waals surface area contributed by atoms with Gasteiger partial charge in [0.15, 0.2) is 0 Å². The number of hydrogen-bond donors (Lipinski definition) is 1. The van der Waals surface area contributed by atoms with Crippen LogP contribution in [0.2, 0.25) is 0 Å². The van der Waals surface area contributed by atoms with Gasteiger partial charge in [0.2, 0.25) is 0 Å². The molecule has 0 amide bonds.